The maximum Gasteiger partial charge on any atom is 0.295 e. The number of aliphatic hydroxyl groups is 1. The molecule has 3 aromatic rings. The number of ketones is 1. The third-order valence-electron chi connectivity index (χ3n) is 5.22. The number of carbonyl (C=O) groups excluding carboxylic acids is 2. The Morgan fingerprint density at radius 2 is 1.77 bits per heavy atom. The number of hydrogen-bond acceptors (Lipinski definition) is 4. The Balaban J connectivity index is 1.72. The van der Waals surface area contributed by atoms with Crippen LogP contribution in [0.3, 0.4) is 0 Å². The molecule has 1 aliphatic rings. The van der Waals surface area contributed by atoms with Gasteiger partial charge in [-0.05, 0) is 36.2 Å². The van der Waals surface area contributed by atoms with E-state index in [4.69, 9.17) is 0 Å². The van der Waals surface area contributed by atoms with Crippen LogP contribution in [0.15, 0.2) is 77.3 Å². The number of likely N-dealkylation sites (tertiary alicyclic amines) is 1. The van der Waals surface area contributed by atoms with Crippen LogP contribution in [0.2, 0.25) is 0 Å². The van der Waals surface area contributed by atoms with Crippen LogP contribution in [0.5, 0.6) is 0 Å². The van der Waals surface area contributed by atoms with Crippen molar-refractivity contribution in [3.8, 4) is 0 Å². The van der Waals surface area contributed by atoms with Crippen LogP contribution in [-0.2, 0) is 16.1 Å². The van der Waals surface area contributed by atoms with E-state index in [2.05, 4.69) is 20.9 Å². The topological polar surface area (TPSA) is 75.4 Å². The van der Waals surface area contributed by atoms with E-state index >= 15 is 0 Å². The van der Waals surface area contributed by atoms with Gasteiger partial charge in [0.25, 0.3) is 11.7 Å². The fourth-order valence-electron chi connectivity index (χ4n) is 3.71. The standard InChI is InChI=1S/C23H19BrFN3O3/c24-17-6-2-16(3-7-17)21(29)19-20(15-4-8-18(25)9-5-15)28(23(31)22(19)30)12-1-11-27-13-10-26-14-27/h2-10,13-14,20,29H,1,11-12H2/t20-/m0/s1. The fraction of sp³-hybridized carbons (Fsp3) is 0.174. The summed E-state index contributed by atoms with van der Waals surface area (Å²) >= 11 is 3.34. The molecule has 0 spiro atoms. The van der Waals surface area contributed by atoms with Gasteiger partial charge < -0.3 is 14.6 Å². The summed E-state index contributed by atoms with van der Waals surface area (Å²) in [4.78, 5) is 31.2. The van der Waals surface area contributed by atoms with Gasteiger partial charge in [0.1, 0.15) is 11.6 Å². The van der Waals surface area contributed by atoms with Gasteiger partial charge >= 0.3 is 0 Å². The number of imidazole rings is 1. The van der Waals surface area contributed by atoms with Crippen molar-refractivity contribution < 1.29 is 19.1 Å². The lowest BCUT2D eigenvalue weighted by Crippen LogP contribution is -2.31. The minimum Gasteiger partial charge on any atom is -0.507 e. The first kappa shape index (κ1) is 21.0. The zero-order valence-electron chi connectivity index (χ0n) is 16.4. The summed E-state index contributed by atoms with van der Waals surface area (Å²) in [5.74, 6) is -2.11. The lowest BCUT2D eigenvalue weighted by Gasteiger charge is -2.25. The first-order valence-corrected chi connectivity index (χ1v) is 10.5. The van der Waals surface area contributed by atoms with E-state index in [9.17, 15) is 19.1 Å². The minimum atomic E-state index is -0.799. The predicted octanol–water partition coefficient (Wildman–Crippen LogP) is 4.30. The van der Waals surface area contributed by atoms with Crippen molar-refractivity contribution in [1.29, 1.82) is 0 Å². The van der Waals surface area contributed by atoms with Crippen molar-refractivity contribution in [3.63, 3.8) is 0 Å². The van der Waals surface area contributed by atoms with E-state index in [1.165, 1.54) is 29.2 Å². The summed E-state index contributed by atoms with van der Waals surface area (Å²) in [5, 5.41) is 11.0. The molecule has 1 atom stereocenters. The highest BCUT2D eigenvalue weighted by atomic mass is 79.9. The molecule has 1 N–H and O–H groups in total. The first-order chi connectivity index (χ1) is 15.0. The Morgan fingerprint density at radius 1 is 1.06 bits per heavy atom. The van der Waals surface area contributed by atoms with Gasteiger partial charge in [-0.3, -0.25) is 9.59 Å². The van der Waals surface area contributed by atoms with E-state index in [0.717, 1.165) is 4.47 Å². The van der Waals surface area contributed by atoms with Crippen LogP contribution < -0.4 is 0 Å². The first-order valence-electron chi connectivity index (χ1n) is 9.71. The second-order valence-electron chi connectivity index (χ2n) is 7.20. The number of aliphatic hydroxyl groups excluding tert-OH is 1. The van der Waals surface area contributed by atoms with Gasteiger partial charge in [0, 0.05) is 35.5 Å². The highest BCUT2D eigenvalue weighted by Gasteiger charge is 2.45. The molecule has 158 valence electrons. The highest BCUT2D eigenvalue weighted by Crippen LogP contribution is 2.39. The zero-order valence-corrected chi connectivity index (χ0v) is 18.0. The lowest BCUT2D eigenvalue weighted by atomic mass is 9.95. The fourth-order valence-corrected chi connectivity index (χ4v) is 3.97. The average Bonchev–Trinajstić information content (AvgIpc) is 3.37. The van der Waals surface area contributed by atoms with Crippen LogP contribution in [0, 0.1) is 5.82 Å². The van der Waals surface area contributed by atoms with Crippen molar-refractivity contribution >= 4 is 33.4 Å². The molecule has 1 aromatic heterocycles. The van der Waals surface area contributed by atoms with Crippen molar-refractivity contribution in [2.45, 2.75) is 19.0 Å². The van der Waals surface area contributed by atoms with Crippen LogP contribution in [0.25, 0.3) is 5.76 Å². The minimum absolute atomic E-state index is 0.00145. The summed E-state index contributed by atoms with van der Waals surface area (Å²) in [6.07, 6.45) is 5.75. The third kappa shape index (κ3) is 4.29. The van der Waals surface area contributed by atoms with Crippen LogP contribution >= 0.6 is 15.9 Å². The van der Waals surface area contributed by atoms with Gasteiger partial charge in [0.05, 0.1) is 17.9 Å². The molecule has 1 fully saturated rings. The maximum absolute atomic E-state index is 13.5. The summed E-state index contributed by atoms with van der Waals surface area (Å²) in [6.45, 7) is 0.910. The van der Waals surface area contributed by atoms with Gasteiger partial charge in [-0.1, -0.05) is 40.2 Å². The molecule has 1 saturated heterocycles. The number of hydrogen-bond donors (Lipinski definition) is 1. The van der Waals surface area contributed by atoms with Crippen molar-refractivity contribution in [2.24, 2.45) is 0 Å². The maximum atomic E-state index is 13.5. The molecular weight excluding hydrogens is 465 g/mol. The van der Waals surface area contributed by atoms with E-state index in [-0.39, 0.29) is 11.3 Å². The van der Waals surface area contributed by atoms with Crippen LogP contribution in [0.4, 0.5) is 4.39 Å². The number of carbonyl (C=O) groups is 2. The molecular formula is C23H19BrFN3O3. The Hall–Kier alpha value is -3.26. The molecule has 1 amide bonds. The smallest absolute Gasteiger partial charge is 0.295 e. The number of Topliss-reactive ketones (excluding diaryl/α,β-unsaturated/α-hetero) is 1. The molecule has 6 nitrogen and oxygen atoms in total. The Morgan fingerprint density at radius 3 is 2.42 bits per heavy atom. The van der Waals surface area contributed by atoms with Crippen molar-refractivity contribution in [1.82, 2.24) is 14.5 Å². The second-order valence-corrected chi connectivity index (χ2v) is 8.12. The van der Waals surface area contributed by atoms with E-state index in [1.54, 1.807) is 36.8 Å². The number of benzene rings is 2. The summed E-state index contributed by atoms with van der Waals surface area (Å²) in [7, 11) is 0. The molecule has 0 bridgehead atoms. The lowest BCUT2D eigenvalue weighted by molar-refractivity contribution is -0.139. The van der Waals surface area contributed by atoms with Crippen LogP contribution in [0.1, 0.15) is 23.6 Å². The van der Waals surface area contributed by atoms with Gasteiger partial charge in [0.2, 0.25) is 0 Å². The van der Waals surface area contributed by atoms with Gasteiger partial charge in [-0.2, -0.15) is 0 Å². The summed E-state index contributed by atoms with van der Waals surface area (Å²) in [5.41, 5.74) is 0.982. The van der Waals surface area contributed by atoms with Gasteiger partial charge in [-0.15, -0.1) is 0 Å². The molecule has 4 rings (SSSR count). The molecule has 0 radical (unpaired) electrons. The second kappa shape index (κ2) is 8.85. The average molecular weight is 484 g/mol. The molecule has 31 heavy (non-hydrogen) atoms. The molecule has 8 heteroatoms. The number of nitrogens with zero attached hydrogens (tertiary/aromatic N) is 3. The Kier molecular flexibility index (Phi) is 5.99. The van der Waals surface area contributed by atoms with Crippen molar-refractivity contribution in [3.05, 3.63) is 94.2 Å². The molecule has 0 unspecified atom stereocenters. The van der Waals surface area contributed by atoms with E-state index < -0.39 is 23.5 Å². The number of halogens is 2. The van der Waals surface area contributed by atoms with Crippen LogP contribution in [-0.4, -0.2) is 37.8 Å². The normalized spacial score (nSPS) is 18.0. The number of rotatable bonds is 6. The Bertz CT molecular complexity index is 1130. The predicted molar refractivity (Wildman–Crippen MR) is 116 cm³/mol. The SMILES string of the molecule is O=C1C(=O)N(CCCn2ccnc2)[C@@H](c2ccc(F)cc2)C1=C(O)c1ccc(Br)cc1. The number of aromatic nitrogens is 2. The third-order valence-corrected chi connectivity index (χ3v) is 5.75. The quantitative estimate of drug-likeness (QED) is 0.322. The molecule has 2 heterocycles. The molecule has 0 saturated carbocycles. The van der Waals surface area contributed by atoms with E-state index in [0.29, 0.717) is 30.6 Å². The number of aryl methyl sites for hydroxylation is 1. The summed E-state index contributed by atoms with van der Waals surface area (Å²) in [6, 6.07) is 11.6. The largest absolute Gasteiger partial charge is 0.507 e. The highest BCUT2D eigenvalue weighted by molar-refractivity contribution is 9.10. The van der Waals surface area contributed by atoms with Gasteiger partial charge in [0.15, 0.2) is 0 Å². The monoisotopic (exact) mass is 483 g/mol. The zero-order chi connectivity index (χ0) is 22.0. The molecule has 1 aliphatic heterocycles. The summed E-state index contributed by atoms with van der Waals surface area (Å²) < 4.78 is 16.2. The Labute approximate surface area is 186 Å². The van der Waals surface area contributed by atoms with Crippen molar-refractivity contribution in [2.75, 3.05) is 6.54 Å². The number of amides is 1. The van der Waals surface area contributed by atoms with E-state index in [1.807, 2.05) is 10.8 Å². The van der Waals surface area contributed by atoms with Gasteiger partial charge in [-0.25, -0.2) is 9.37 Å². The molecule has 0 aliphatic carbocycles. The molecule has 2 aromatic carbocycles.